The zero-order valence-corrected chi connectivity index (χ0v) is 16.4. The zero-order chi connectivity index (χ0) is 18.5. The first-order valence-electron chi connectivity index (χ1n) is 9.51. The van der Waals surface area contributed by atoms with E-state index in [1.165, 1.54) is 37.0 Å². The molecule has 2 aromatic heterocycles. The lowest BCUT2D eigenvalue weighted by molar-refractivity contribution is 0.462. The van der Waals surface area contributed by atoms with Gasteiger partial charge in [0.2, 0.25) is 0 Å². The molecule has 0 unspecified atom stereocenters. The average molecular weight is 380 g/mol. The van der Waals surface area contributed by atoms with Gasteiger partial charge in [-0.3, -0.25) is 0 Å². The molecule has 0 bridgehead atoms. The summed E-state index contributed by atoms with van der Waals surface area (Å²) in [5.41, 5.74) is 0. The van der Waals surface area contributed by atoms with Crippen LogP contribution in [-0.2, 0) is 7.05 Å². The van der Waals surface area contributed by atoms with Crippen molar-refractivity contribution in [3.05, 3.63) is 55.0 Å². The van der Waals surface area contributed by atoms with Gasteiger partial charge in [0.15, 0.2) is 0 Å². The van der Waals surface area contributed by atoms with Crippen LogP contribution in [0.5, 0.6) is 0 Å². The van der Waals surface area contributed by atoms with Crippen LogP contribution in [0.2, 0.25) is 0 Å². The van der Waals surface area contributed by atoms with E-state index in [-0.39, 0.29) is 0 Å². The van der Waals surface area contributed by atoms with E-state index in [2.05, 4.69) is 52.0 Å². The van der Waals surface area contributed by atoms with Gasteiger partial charge in [-0.1, -0.05) is 49.2 Å². The summed E-state index contributed by atoms with van der Waals surface area (Å²) in [6, 6.07) is 15.2. The molecule has 2 N–H and O–H groups in total. The number of rotatable bonds is 6. The Morgan fingerprint density at radius 3 is 2.48 bits per heavy atom. The summed E-state index contributed by atoms with van der Waals surface area (Å²) < 4.78 is 1.92. The molecule has 2 heterocycles. The van der Waals surface area contributed by atoms with E-state index in [4.69, 9.17) is 4.98 Å². The van der Waals surface area contributed by atoms with Crippen molar-refractivity contribution in [2.75, 3.05) is 10.6 Å². The van der Waals surface area contributed by atoms with Gasteiger partial charge in [-0.25, -0.2) is 9.97 Å². The van der Waals surface area contributed by atoms with Crippen molar-refractivity contribution >= 4 is 29.2 Å². The monoisotopic (exact) mass is 379 g/mol. The topological polar surface area (TPSA) is 54.8 Å². The molecule has 1 aromatic carbocycles. The smallest absolute Gasteiger partial charge is 0.149 e. The van der Waals surface area contributed by atoms with Crippen molar-refractivity contribution in [1.29, 1.82) is 0 Å². The summed E-state index contributed by atoms with van der Waals surface area (Å²) in [4.78, 5) is 11.5. The van der Waals surface area contributed by atoms with Crippen molar-refractivity contribution in [2.24, 2.45) is 7.05 Å². The van der Waals surface area contributed by atoms with Crippen molar-refractivity contribution in [2.45, 2.75) is 47.9 Å². The fourth-order valence-corrected chi connectivity index (χ4v) is 4.30. The van der Waals surface area contributed by atoms with Crippen LogP contribution in [0.4, 0.5) is 17.5 Å². The molecule has 140 valence electrons. The summed E-state index contributed by atoms with van der Waals surface area (Å²) >= 11 is 1.75. The molecule has 1 aliphatic rings. The van der Waals surface area contributed by atoms with Gasteiger partial charge in [-0.05, 0) is 37.1 Å². The van der Waals surface area contributed by atoms with E-state index in [0.717, 1.165) is 22.3 Å². The summed E-state index contributed by atoms with van der Waals surface area (Å²) in [5.74, 6) is 2.55. The summed E-state index contributed by atoms with van der Waals surface area (Å²) in [5, 5.41) is 6.98. The van der Waals surface area contributed by atoms with Gasteiger partial charge in [0, 0.05) is 29.1 Å². The molecule has 0 atom stereocenters. The van der Waals surface area contributed by atoms with Gasteiger partial charge in [-0.15, -0.1) is 0 Å². The lowest BCUT2D eigenvalue weighted by atomic mass is 9.95. The molecule has 0 saturated heterocycles. The number of nitrogens with zero attached hydrogens (tertiary/aromatic N) is 3. The normalized spacial score (nSPS) is 14.9. The van der Waals surface area contributed by atoms with Crippen LogP contribution in [0, 0.1) is 0 Å². The van der Waals surface area contributed by atoms with Crippen molar-refractivity contribution in [3.63, 3.8) is 0 Å². The van der Waals surface area contributed by atoms with Crippen LogP contribution in [-0.4, -0.2) is 20.6 Å². The number of pyridine rings is 1. The SMILES string of the molecule is Cn1cnc(Nc2cc(Sc3ccccc3)cc(NC3CCCCC3)n2)c1. The number of aromatic nitrogens is 3. The van der Waals surface area contributed by atoms with Gasteiger partial charge in [0.05, 0.1) is 6.33 Å². The maximum Gasteiger partial charge on any atom is 0.149 e. The fraction of sp³-hybridized carbons (Fsp3) is 0.333. The van der Waals surface area contributed by atoms with E-state index < -0.39 is 0 Å². The van der Waals surface area contributed by atoms with Crippen LogP contribution in [0.15, 0.2) is 64.8 Å². The van der Waals surface area contributed by atoms with Gasteiger partial charge in [-0.2, -0.15) is 0 Å². The van der Waals surface area contributed by atoms with Crippen LogP contribution in [0.1, 0.15) is 32.1 Å². The van der Waals surface area contributed by atoms with Gasteiger partial charge in [0.1, 0.15) is 17.5 Å². The van der Waals surface area contributed by atoms with Crippen LogP contribution in [0.3, 0.4) is 0 Å². The number of hydrogen-bond donors (Lipinski definition) is 2. The van der Waals surface area contributed by atoms with Gasteiger partial charge in [0.25, 0.3) is 0 Å². The first kappa shape index (κ1) is 17.9. The third kappa shape index (κ3) is 5.04. The Bertz CT molecular complexity index is 871. The third-order valence-corrected chi connectivity index (χ3v) is 5.68. The molecule has 27 heavy (non-hydrogen) atoms. The number of hydrogen-bond acceptors (Lipinski definition) is 5. The Hall–Kier alpha value is -2.47. The van der Waals surface area contributed by atoms with Crippen molar-refractivity contribution in [1.82, 2.24) is 14.5 Å². The van der Waals surface area contributed by atoms with E-state index in [0.29, 0.717) is 6.04 Å². The summed E-state index contributed by atoms with van der Waals surface area (Å²) in [7, 11) is 1.96. The number of anilines is 3. The highest BCUT2D eigenvalue weighted by Gasteiger charge is 2.15. The molecule has 3 aromatic rings. The molecule has 0 radical (unpaired) electrons. The maximum absolute atomic E-state index is 4.79. The molecule has 1 fully saturated rings. The highest BCUT2D eigenvalue weighted by molar-refractivity contribution is 7.99. The van der Waals surface area contributed by atoms with Crippen molar-refractivity contribution in [3.8, 4) is 0 Å². The largest absolute Gasteiger partial charge is 0.367 e. The van der Waals surface area contributed by atoms with Crippen LogP contribution in [0.25, 0.3) is 0 Å². The minimum absolute atomic E-state index is 0.519. The van der Waals surface area contributed by atoms with Gasteiger partial charge >= 0.3 is 0 Å². The fourth-order valence-electron chi connectivity index (χ4n) is 3.39. The second-order valence-corrected chi connectivity index (χ2v) is 8.16. The number of benzene rings is 1. The van der Waals surface area contributed by atoms with Crippen LogP contribution >= 0.6 is 11.8 Å². The molecule has 1 saturated carbocycles. The Morgan fingerprint density at radius 1 is 0.963 bits per heavy atom. The summed E-state index contributed by atoms with van der Waals surface area (Å²) in [6.07, 6.45) is 10.1. The second-order valence-electron chi connectivity index (χ2n) is 7.02. The quantitative estimate of drug-likeness (QED) is 0.596. The number of nitrogens with one attached hydrogen (secondary N) is 2. The highest BCUT2D eigenvalue weighted by Crippen LogP contribution is 2.32. The maximum atomic E-state index is 4.79. The third-order valence-electron chi connectivity index (χ3n) is 4.70. The Labute approximate surface area is 164 Å². The Morgan fingerprint density at radius 2 is 1.74 bits per heavy atom. The predicted octanol–water partition coefficient (Wildman–Crippen LogP) is 5.45. The summed E-state index contributed by atoms with van der Waals surface area (Å²) in [6.45, 7) is 0. The molecule has 4 rings (SSSR count). The lowest BCUT2D eigenvalue weighted by Crippen LogP contribution is -2.22. The standard InChI is InChI=1S/C21H25N5S/c1-26-14-21(22-15-26)25-20-13-18(27-17-10-6-3-7-11-17)12-19(24-20)23-16-8-4-2-5-9-16/h3,6-7,10-16H,2,4-5,8-9H2,1H3,(H2,23,24,25). The van der Waals surface area contributed by atoms with E-state index >= 15 is 0 Å². The average Bonchev–Trinajstić information content (AvgIpc) is 3.08. The number of aryl methyl sites for hydroxylation is 1. The van der Waals surface area contributed by atoms with Crippen LogP contribution < -0.4 is 10.6 Å². The Balaban J connectivity index is 1.58. The first-order chi connectivity index (χ1) is 13.2. The van der Waals surface area contributed by atoms with E-state index in [1.807, 2.05) is 23.9 Å². The molecule has 6 heteroatoms. The molecule has 0 spiro atoms. The molecular weight excluding hydrogens is 354 g/mol. The highest BCUT2D eigenvalue weighted by atomic mass is 32.2. The van der Waals surface area contributed by atoms with Gasteiger partial charge < -0.3 is 15.2 Å². The molecule has 5 nitrogen and oxygen atoms in total. The lowest BCUT2D eigenvalue weighted by Gasteiger charge is -2.23. The Kier molecular flexibility index (Phi) is 5.63. The molecule has 0 aliphatic heterocycles. The molecular formula is C21H25N5S. The minimum Gasteiger partial charge on any atom is -0.367 e. The van der Waals surface area contributed by atoms with Crippen molar-refractivity contribution < 1.29 is 0 Å². The molecule has 0 amide bonds. The zero-order valence-electron chi connectivity index (χ0n) is 15.6. The minimum atomic E-state index is 0.519. The van der Waals surface area contributed by atoms with E-state index in [1.54, 1.807) is 18.1 Å². The number of imidazole rings is 1. The van der Waals surface area contributed by atoms with E-state index in [9.17, 15) is 0 Å². The second kappa shape index (κ2) is 8.48. The predicted molar refractivity (Wildman–Crippen MR) is 112 cm³/mol. The molecule has 1 aliphatic carbocycles. The first-order valence-corrected chi connectivity index (χ1v) is 10.3.